The quantitative estimate of drug-likeness (QED) is 0.215. The third-order valence-corrected chi connectivity index (χ3v) is 7.65. The van der Waals surface area contributed by atoms with Crippen LogP contribution in [0.4, 0.5) is 17.1 Å². The van der Waals surface area contributed by atoms with Crippen molar-refractivity contribution in [2.45, 2.75) is 32.2 Å². The first-order valence-corrected chi connectivity index (χ1v) is 14.3. The summed E-state index contributed by atoms with van der Waals surface area (Å²) in [5, 5.41) is 9.55. The molecule has 2 amide bonds. The molecule has 0 saturated carbocycles. The number of carbonyl (C=O) groups excluding carboxylic acids is 2. The van der Waals surface area contributed by atoms with E-state index >= 15 is 0 Å². The van der Waals surface area contributed by atoms with Crippen LogP contribution in [-0.2, 0) is 22.6 Å². The van der Waals surface area contributed by atoms with Gasteiger partial charge in [0.05, 0.1) is 17.7 Å². The van der Waals surface area contributed by atoms with Crippen LogP contribution in [0.3, 0.4) is 0 Å². The van der Waals surface area contributed by atoms with Gasteiger partial charge in [0.25, 0.3) is 5.91 Å². The van der Waals surface area contributed by atoms with Gasteiger partial charge in [-0.3, -0.25) is 14.5 Å². The highest BCUT2D eigenvalue weighted by Gasteiger charge is 2.29. The third-order valence-electron chi connectivity index (χ3n) is 7.65. The second kappa shape index (κ2) is 12.2. The normalized spacial score (nSPS) is 16.0. The summed E-state index contributed by atoms with van der Waals surface area (Å²) >= 11 is 0. The number of hydrogen-bond acceptors (Lipinski definition) is 4. The fraction of sp³-hybridized carbons (Fsp3) is 0.200. The van der Waals surface area contributed by atoms with E-state index < -0.39 is 0 Å². The lowest BCUT2D eigenvalue weighted by atomic mass is 9.99. The zero-order valence-electron chi connectivity index (χ0n) is 23.0. The van der Waals surface area contributed by atoms with Gasteiger partial charge in [-0.1, -0.05) is 79.2 Å². The minimum Gasteiger partial charge on any atom is -0.354 e. The molecule has 2 heterocycles. The zero-order chi connectivity index (χ0) is 28.0. The third kappa shape index (κ3) is 6.39. The van der Waals surface area contributed by atoms with Crippen molar-refractivity contribution in [2.75, 3.05) is 29.0 Å². The van der Waals surface area contributed by atoms with Crippen molar-refractivity contribution in [1.82, 2.24) is 4.90 Å². The number of likely N-dealkylation sites (tertiary alicyclic amines) is 1. The number of amides is 2. The van der Waals surface area contributed by atoms with Crippen LogP contribution in [-0.4, -0.2) is 29.8 Å². The van der Waals surface area contributed by atoms with E-state index in [1.807, 2.05) is 78.9 Å². The molecule has 1 saturated heterocycles. The Bertz CT molecular complexity index is 1560. The van der Waals surface area contributed by atoms with Crippen molar-refractivity contribution in [1.29, 1.82) is 0 Å². The number of rotatable bonds is 8. The molecule has 0 aromatic heterocycles. The van der Waals surface area contributed by atoms with E-state index in [0.717, 1.165) is 53.4 Å². The molecule has 41 heavy (non-hydrogen) atoms. The highest BCUT2D eigenvalue weighted by molar-refractivity contribution is 6.37. The van der Waals surface area contributed by atoms with Crippen LogP contribution in [0.2, 0.25) is 0 Å². The van der Waals surface area contributed by atoms with E-state index in [1.165, 1.54) is 24.8 Å². The molecule has 0 atom stereocenters. The Morgan fingerprint density at radius 1 is 0.732 bits per heavy atom. The zero-order valence-corrected chi connectivity index (χ0v) is 23.0. The van der Waals surface area contributed by atoms with Gasteiger partial charge in [-0.25, -0.2) is 0 Å². The van der Waals surface area contributed by atoms with E-state index in [1.54, 1.807) is 0 Å². The lowest BCUT2D eigenvalue weighted by Crippen LogP contribution is -2.29. The summed E-state index contributed by atoms with van der Waals surface area (Å²) in [4.78, 5) is 28.7. The van der Waals surface area contributed by atoms with Crippen molar-refractivity contribution < 1.29 is 9.59 Å². The number of anilines is 3. The van der Waals surface area contributed by atoms with Gasteiger partial charge in [0, 0.05) is 29.2 Å². The minimum atomic E-state index is -0.180. The molecule has 6 heteroatoms. The van der Waals surface area contributed by atoms with Crippen LogP contribution >= 0.6 is 0 Å². The Labute approximate surface area is 241 Å². The molecule has 4 aromatic rings. The number of carbonyl (C=O) groups is 2. The van der Waals surface area contributed by atoms with Crippen molar-refractivity contribution >= 4 is 40.1 Å². The van der Waals surface area contributed by atoms with Crippen molar-refractivity contribution in [3.8, 4) is 0 Å². The van der Waals surface area contributed by atoms with Gasteiger partial charge < -0.3 is 16.0 Å². The second-order valence-electron chi connectivity index (χ2n) is 10.7. The van der Waals surface area contributed by atoms with Crippen molar-refractivity contribution in [2.24, 2.45) is 0 Å². The highest BCUT2D eigenvalue weighted by Crippen LogP contribution is 2.39. The number of hydrogen-bond donors (Lipinski definition) is 3. The molecule has 206 valence electrons. The molecule has 2 aliphatic heterocycles. The summed E-state index contributed by atoms with van der Waals surface area (Å²) in [6, 6.07) is 33.6. The first-order chi connectivity index (χ1) is 20.1. The Hall–Kier alpha value is -4.68. The summed E-state index contributed by atoms with van der Waals surface area (Å²) in [6.45, 7) is 3.28. The predicted molar refractivity (Wildman–Crippen MR) is 166 cm³/mol. The molecule has 1 fully saturated rings. The fourth-order valence-electron chi connectivity index (χ4n) is 5.58. The maximum absolute atomic E-state index is 13.4. The molecule has 0 spiro atoms. The molecule has 3 N–H and O–H groups in total. The molecule has 0 radical (unpaired) electrons. The van der Waals surface area contributed by atoms with Gasteiger partial charge in [0.1, 0.15) is 0 Å². The lowest BCUT2D eigenvalue weighted by Gasteiger charge is -2.26. The monoisotopic (exact) mass is 542 g/mol. The standard InChI is InChI=1S/C35H34N4O2/c40-32(22-25-10-4-1-5-11-25)36-29-18-19-31-30(23-29)33(35(41)38-31)34(27-12-6-2-7-13-27)37-28-16-14-26(15-17-28)24-39-20-8-3-9-21-39/h1-2,4-7,10-19,23,37H,3,8-9,20-22,24H2,(H,36,40)(H,38,41). The predicted octanol–water partition coefficient (Wildman–Crippen LogP) is 6.79. The Kier molecular flexibility index (Phi) is 7.92. The summed E-state index contributed by atoms with van der Waals surface area (Å²) in [5.41, 5.74) is 7.43. The van der Waals surface area contributed by atoms with E-state index in [-0.39, 0.29) is 18.2 Å². The first-order valence-electron chi connectivity index (χ1n) is 14.3. The lowest BCUT2D eigenvalue weighted by molar-refractivity contribution is -0.115. The Balaban J connectivity index is 1.28. The van der Waals surface area contributed by atoms with E-state index in [4.69, 9.17) is 0 Å². The molecule has 4 aromatic carbocycles. The Morgan fingerprint density at radius 3 is 2.15 bits per heavy atom. The molecule has 0 unspecified atom stereocenters. The smallest absolute Gasteiger partial charge is 0.258 e. The van der Waals surface area contributed by atoms with Gasteiger partial charge in [-0.05, 0) is 73.0 Å². The minimum absolute atomic E-state index is 0.106. The molecular formula is C35H34N4O2. The molecule has 0 aliphatic carbocycles. The molecule has 6 rings (SSSR count). The van der Waals surface area contributed by atoms with Crippen molar-refractivity contribution in [3.63, 3.8) is 0 Å². The van der Waals surface area contributed by atoms with E-state index in [2.05, 4.69) is 45.1 Å². The highest BCUT2D eigenvalue weighted by atomic mass is 16.2. The maximum Gasteiger partial charge on any atom is 0.258 e. The largest absolute Gasteiger partial charge is 0.354 e. The van der Waals surface area contributed by atoms with Crippen LogP contribution in [0.15, 0.2) is 103 Å². The van der Waals surface area contributed by atoms with E-state index in [0.29, 0.717) is 11.3 Å². The van der Waals surface area contributed by atoms with Crippen LogP contribution in [0.1, 0.15) is 41.5 Å². The van der Waals surface area contributed by atoms with Crippen LogP contribution < -0.4 is 16.0 Å². The maximum atomic E-state index is 13.4. The number of piperidine rings is 1. The summed E-state index contributed by atoms with van der Waals surface area (Å²) in [5.74, 6) is -0.286. The topological polar surface area (TPSA) is 73.5 Å². The number of nitrogens with one attached hydrogen (secondary N) is 3. The number of nitrogens with zero attached hydrogens (tertiary/aromatic N) is 1. The van der Waals surface area contributed by atoms with Crippen LogP contribution in [0.5, 0.6) is 0 Å². The Morgan fingerprint density at radius 2 is 1.41 bits per heavy atom. The number of fused-ring (bicyclic) bond motifs is 1. The summed E-state index contributed by atoms with van der Waals surface area (Å²) < 4.78 is 0. The van der Waals surface area contributed by atoms with Crippen LogP contribution in [0, 0.1) is 0 Å². The summed E-state index contributed by atoms with van der Waals surface area (Å²) in [6.07, 6.45) is 4.15. The molecule has 6 nitrogen and oxygen atoms in total. The first kappa shape index (κ1) is 26.5. The average molecular weight is 543 g/mol. The summed E-state index contributed by atoms with van der Waals surface area (Å²) in [7, 11) is 0. The fourth-order valence-corrected chi connectivity index (χ4v) is 5.58. The number of benzene rings is 4. The van der Waals surface area contributed by atoms with Gasteiger partial charge in [-0.2, -0.15) is 0 Å². The van der Waals surface area contributed by atoms with Crippen molar-refractivity contribution in [3.05, 3.63) is 125 Å². The molecule has 2 aliphatic rings. The van der Waals surface area contributed by atoms with Gasteiger partial charge in [0.2, 0.25) is 5.91 Å². The van der Waals surface area contributed by atoms with Gasteiger partial charge in [0.15, 0.2) is 0 Å². The SMILES string of the molecule is O=C(Cc1ccccc1)Nc1ccc2c(c1)C(=C(Nc1ccc(CN3CCCCC3)cc1)c1ccccc1)C(=O)N2. The van der Waals surface area contributed by atoms with Gasteiger partial charge in [-0.15, -0.1) is 0 Å². The van der Waals surface area contributed by atoms with Crippen LogP contribution in [0.25, 0.3) is 11.3 Å². The average Bonchev–Trinajstić information content (AvgIpc) is 3.33. The van der Waals surface area contributed by atoms with Gasteiger partial charge >= 0.3 is 0 Å². The molecular weight excluding hydrogens is 508 g/mol. The molecule has 0 bridgehead atoms. The van der Waals surface area contributed by atoms with E-state index in [9.17, 15) is 9.59 Å². The second-order valence-corrected chi connectivity index (χ2v) is 10.7.